The molecule has 2 atom stereocenters. The van der Waals surface area contributed by atoms with Crippen molar-refractivity contribution < 1.29 is 0 Å². The smallest absolute Gasteiger partial charge is 0.0103 e. The van der Waals surface area contributed by atoms with Crippen molar-refractivity contribution >= 4 is 0 Å². The fourth-order valence-electron chi connectivity index (χ4n) is 3.76. The minimum atomic E-state index is 0.860. The van der Waals surface area contributed by atoms with E-state index in [9.17, 15) is 0 Å². The van der Waals surface area contributed by atoms with Crippen LogP contribution >= 0.6 is 0 Å². The molecule has 0 amide bonds. The van der Waals surface area contributed by atoms with Crippen LogP contribution in [-0.2, 0) is 0 Å². The average molecular weight is 223 g/mol. The number of likely N-dealkylation sites (tertiary alicyclic amines) is 1. The number of hydrogen-bond acceptors (Lipinski definition) is 1. The van der Waals surface area contributed by atoms with Crippen LogP contribution in [0, 0.1) is 11.8 Å². The van der Waals surface area contributed by atoms with Crippen molar-refractivity contribution in [3.05, 3.63) is 0 Å². The van der Waals surface area contributed by atoms with E-state index < -0.39 is 0 Å². The predicted octanol–water partition coefficient (Wildman–Crippen LogP) is 4.08. The van der Waals surface area contributed by atoms with E-state index >= 15 is 0 Å². The summed E-state index contributed by atoms with van der Waals surface area (Å²) in [7, 11) is 0. The highest BCUT2D eigenvalue weighted by atomic mass is 15.2. The van der Waals surface area contributed by atoms with E-state index in [4.69, 9.17) is 0 Å². The molecular formula is C15H29N. The first-order valence-electron chi connectivity index (χ1n) is 7.42. The minimum Gasteiger partial charge on any atom is -0.297 e. The van der Waals surface area contributed by atoms with Gasteiger partial charge in [-0.3, -0.25) is 4.90 Å². The van der Waals surface area contributed by atoms with Crippen molar-refractivity contribution in [3.63, 3.8) is 0 Å². The molecular weight excluding hydrogens is 194 g/mol. The standard InChI is InChI=1S/C15H29N/c1-12(2)10-15-11-13(3)8-9-16(15)14-6-4-5-7-14/h12-15H,4-11H2,1-3H3. The third-order valence-electron chi connectivity index (χ3n) is 4.56. The average Bonchev–Trinajstić information content (AvgIpc) is 2.69. The molecule has 2 unspecified atom stereocenters. The Hall–Kier alpha value is -0.0400. The van der Waals surface area contributed by atoms with E-state index in [0.717, 1.165) is 23.9 Å². The van der Waals surface area contributed by atoms with Crippen LogP contribution in [0.2, 0.25) is 0 Å². The zero-order valence-electron chi connectivity index (χ0n) is 11.4. The summed E-state index contributed by atoms with van der Waals surface area (Å²) in [6.45, 7) is 8.58. The Balaban J connectivity index is 1.96. The van der Waals surface area contributed by atoms with E-state index in [1.54, 1.807) is 0 Å². The highest BCUT2D eigenvalue weighted by Gasteiger charge is 2.32. The van der Waals surface area contributed by atoms with E-state index in [1.165, 1.54) is 51.5 Å². The maximum Gasteiger partial charge on any atom is 0.0103 e. The number of nitrogens with zero attached hydrogens (tertiary/aromatic N) is 1. The Bertz CT molecular complexity index is 203. The van der Waals surface area contributed by atoms with Gasteiger partial charge in [-0.05, 0) is 50.5 Å². The summed E-state index contributed by atoms with van der Waals surface area (Å²) >= 11 is 0. The van der Waals surface area contributed by atoms with Crippen LogP contribution in [0.3, 0.4) is 0 Å². The van der Waals surface area contributed by atoms with E-state index in [2.05, 4.69) is 25.7 Å². The van der Waals surface area contributed by atoms with Crippen molar-refractivity contribution in [1.82, 2.24) is 4.90 Å². The number of hydrogen-bond donors (Lipinski definition) is 0. The fourth-order valence-corrected chi connectivity index (χ4v) is 3.76. The Morgan fingerprint density at radius 2 is 1.81 bits per heavy atom. The molecule has 0 radical (unpaired) electrons. The predicted molar refractivity (Wildman–Crippen MR) is 70.6 cm³/mol. The summed E-state index contributed by atoms with van der Waals surface area (Å²) in [6.07, 6.45) is 10.2. The fraction of sp³-hybridized carbons (Fsp3) is 1.00. The molecule has 1 saturated heterocycles. The van der Waals surface area contributed by atoms with Crippen molar-refractivity contribution in [3.8, 4) is 0 Å². The van der Waals surface area contributed by atoms with Crippen molar-refractivity contribution in [2.75, 3.05) is 6.54 Å². The molecule has 1 aliphatic carbocycles. The molecule has 2 fully saturated rings. The molecule has 0 spiro atoms. The topological polar surface area (TPSA) is 3.24 Å². The Labute approximate surface area is 102 Å². The van der Waals surface area contributed by atoms with Crippen molar-refractivity contribution in [1.29, 1.82) is 0 Å². The van der Waals surface area contributed by atoms with Gasteiger partial charge < -0.3 is 0 Å². The molecule has 16 heavy (non-hydrogen) atoms. The van der Waals surface area contributed by atoms with E-state index in [-0.39, 0.29) is 0 Å². The molecule has 0 aromatic rings. The Morgan fingerprint density at radius 1 is 1.12 bits per heavy atom. The number of rotatable bonds is 3. The first-order chi connectivity index (χ1) is 7.66. The molecule has 2 aliphatic rings. The van der Waals surface area contributed by atoms with E-state index in [1.807, 2.05) is 0 Å². The second-order valence-electron chi connectivity index (χ2n) is 6.59. The van der Waals surface area contributed by atoms with Crippen LogP contribution in [0.5, 0.6) is 0 Å². The molecule has 0 aromatic heterocycles. The van der Waals surface area contributed by atoms with Crippen LogP contribution < -0.4 is 0 Å². The second kappa shape index (κ2) is 5.53. The summed E-state index contributed by atoms with van der Waals surface area (Å²) in [5.74, 6) is 1.82. The van der Waals surface area contributed by atoms with Crippen molar-refractivity contribution in [2.24, 2.45) is 11.8 Å². The van der Waals surface area contributed by atoms with Gasteiger partial charge in [0.05, 0.1) is 0 Å². The largest absolute Gasteiger partial charge is 0.297 e. The maximum atomic E-state index is 2.88. The maximum absolute atomic E-state index is 2.88. The molecule has 0 aromatic carbocycles. The number of piperidine rings is 1. The van der Waals surface area contributed by atoms with Gasteiger partial charge in [0.1, 0.15) is 0 Å². The molecule has 0 bridgehead atoms. The van der Waals surface area contributed by atoms with Gasteiger partial charge in [0.2, 0.25) is 0 Å². The highest BCUT2D eigenvalue weighted by Crippen LogP contribution is 2.33. The molecule has 1 aliphatic heterocycles. The lowest BCUT2D eigenvalue weighted by Crippen LogP contribution is -2.47. The third-order valence-corrected chi connectivity index (χ3v) is 4.56. The molecule has 0 N–H and O–H groups in total. The van der Waals surface area contributed by atoms with Gasteiger partial charge >= 0.3 is 0 Å². The minimum absolute atomic E-state index is 0.860. The monoisotopic (exact) mass is 223 g/mol. The van der Waals surface area contributed by atoms with Crippen LogP contribution in [0.4, 0.5) is 0 Å². The summed E-state index contributed by atoms with van der Waals surface area (Å²) in [5, 5.41) is 0. The van der Waals surface area contributed by atoms with Gasteiger partial charge in [-0.2, -0.15) is 0 Å². The Kier molecular flexibility index (Phi) is 4.29. The van der Waals surface area contributed by atoms with Crippen LogP contribution in [0.25, 0.3) is 0 Å². The lowest BCUT2D eigenvalue weighted by Gasteiger charge is -2.43. The third kappa shape index (κ3) is 3.00. The van der Waals surface area contributed by atoms with Gasteiger partial charge in [0.25, 0.3) is 0 Å². The summed E-state index contributed by atoms with van der Waals surface area (Å²) in [5.41, 5.74) is 0. The summed E-state index contributed by atoms with van der Waals surface area (Å²) < 4.78 is 0. The Morgan fingerprint density at radius 3 is 2.44 bits per heavy atom. The summed E-state index contributed by atoms with van der Waals surface area (Å²) in [4.78, 5) is 2.88. The first kappa shape index (κ1) is 12.4. The molecule has 1 saturated carbocycles. The second-order valence-corrected chi connectivity index (χ2v) is 6.59. The van der Waals surface area contributed by atoms with Gasteiger partial charge in [-0.15, -0.1) is 0 Å². The van der Waals surface area contributed by atoms with Crippen LogP contribution in [0.15, 0.2) is 0 Å². The zero-order chi connectivity index (χ0) is 11.5. The lowest BCUT2D eigenvalue weighted by atomic mass is 9.86. The lowest BCUT2D eigenvalue weighted by molar-refractivity contribution is 0.0615. The van der Waals surface area contributed by atoms with Gasteiger partial charge in [-0.1, -0.05) is 33.6 Å². The van der Waals surface area contributed by atoms with Crippen molar-refractivity contribution in [2.45, 2.75) is 77.8 Å². The zero-order valence-corrected chi connectivity index (χ0v) is 11.4. The SMILES string of the molecule is CC(C)CC1CC(C)CCN1C1CCCC1. The molecule has 1 heterocycles. The van der Waals surface area contributed by atoms with Crippen LogP contribution in [-0.4, -0.2) is 23.5 Å². The van der Waals surface area contributed by atoms with Crippen LogP contribution in [0.1, 0.15) is 65.7 Å². The molecule has 94 valence electrons. The van der Waals surface area contributed by atoms with Gasteiger partial charge in [-0.25, -0.2) is 0 Å². The van der Waals surface area contributed by atoms with Gasteiger partial charge in [0, 0.05) is 12.1 Å². The van der Waals surface area contributed by atoms with Gasteiger partial charge in [0.15, 0.2) is 0 Å². The first-order valence-corrected chi connectivity index (χ1v) is 7.42. The summed E-state index contributed by atoms with van der Waals surface area (Å²) in [6, 6.07) is 1.84. The highest BCUT2D eigenvalue weighted by molar-refractivity contribution is 4.87. The normalized spacial score (nSPS) is 33.8. The quantitative estimate of drug-likeness (QED) is 0.697. The molecule has 1 heteroatoms. The van der Waals surface area contributed by atoms with E-state index in [0.29, 0.717) is 0 Å². The molecule has 2 rings (SSSR count). The molecule has 1 nitrogen and oxygen atoms in total.